The Kier molecular flexibility index (Phi) is 4.50. The van der Waals surface area contributed by atoms with Crippen LogP contribution in [0.3, 0.4) is 0 Å². The van der Waals surface area contributed by atoms with Gasteiger partial charge in [-0.25, -0.2) is 22.4 Å². The Balaban J connectivity index is 1.83. The van der Waals surface area contributed by atoms with Crippen LogP contribution in [-0.4, -0.2) is 33.6 Å². The van der Waals surface area contributed by atoms with Crippen molar-refractivity contribution in [2.24, 2.45) is 0 Å². The first kappa shape index (κ1) is 18.7. The van der Waals surface area contributed by atoms with Gasteiger partial charge in [0.2, 0.25) is 10.0 Å². The van der Waals surface area contributed by atoms with Gasteiger partial charge >= 0.3 is 0 Å². The average Bonchev–Trinajstić information content (AvgIpc) is 3.25. The highest BCUT2D eigenvalue weighted by atomic mass is 32.2. The molecule has 7 heteroatoms. The third-order valence-corrected chi connectivity index (χ3v) is 6.28. The van der Waals surface area contributed by atoms with E-state index in [0.29, 0.717) is 18.0 Å². The van der Waals surface area contributed by atoms with Crippen molar-refractivity contribution < 1.29 is 8.42 Å². The second-order valence-corrected chi connectivity index (χ2v) is 9.61. The molecule has 4 aromatic heterocycles. The minimum absolute atomic E-state index is 0.197. The summed E-state index contributed by atoms with van der Waals surface area (Å²) in [6.07, 6.45) is 9.12. The highest BCUT2D eigenvalue weighted by molar-refractivity contribution is 7.89. The van der Waals surface area contributed by atoms with E-state index in [1.807, 2.05) is 24.5 Å². The monoisotopic (exact) mass is 396 g/mol. The summed E-state index contributed by atoms with van der Waals surface area (Å²) in [4.78, 5) is 12.0. The number of nitrogens with one attached hydrogen (secondary N) is 1. The predicted octanol–water partition coefficient (Wildman–Crippen LogP) is 4.19. The molecular formula is C21H24N4O2S. The first-order chi connectivity index (χ1) is 13.3. The Hall–Kier alpha value is -2.67. The van der Waals surface area contributed by atoms with Crippen molar-refractivity contribution in [2.75, 3.05) is 6.26 Å². The van der Waals surface area contributed by atoms with E-state index in [0.717, 1.165) is 27.5 Å². The van der Waals surface area contributed by atoms with Gasteiger partial charge in [0.15, 0.2) is 5.65 Å². The topological polar surface area (TPSA) is 80.6 Å². The predicted molar refractivity (Wildman–Crippen MR) is 112 cm³/mol. The highest BCUT2D eigenvalue weighted by Crippen LogP contribution is 2.31. The third kappa shape index (κ3) is 3.20. The zero-order valence-corrected chi connectivity index (χ0v) is 17.3. The summed E-state index contributed by atoms with van der Waals surface area (Å²) in [5, 5.41) is 2.01. The van der Waals surface area contributed by atoms with Crippen LogP contribution in [0.5, 0.6) is 0 Å². The maximum Gasteiger partial charge on any atom is 0.237 e. The maximum absolute atomic E-state index is 12.3. The van der Waals surface area contributed by atoms with E-state index in [2.05, 4.69) is 41.8 Å². The van der Waals surface area contributed by atoms with Crippen molar-refractivity contribution in [3.63, 3.8) is 0 Å². The van der Waals surface area contributed by atoms with Gasteiger partial charge in [-0.05, 0) is 53.1 Å². The van der Waals surface area contributed by atoms with E-state index in [1.165, 1.54) is 15.8 Å². The minimum Gasteiger partial charge on any atom is -0.346 e. The van der Waals surface area contributed by atoms with Crippen LogP contribution in [0.25, 0.3) is 22.1 Å². The first-order valence-electron chi connectivity index (χ1n) is 9.38. The second-order valence-electron chi connectivity index (χ2n) is 7.75. The van der Waals surface area contributed by atoms with Crippen LogP contribution in [0.4, 0.5) is 0 Å². The van der Waals surface area contributed by atoms with Crippen LogP contribution < -0.4 is 0 Å². The number of pyridine rings is 2. The summed E-state index contributed by atoms with van der Waals surface area (Å²) in [5.74, 6) is 0.519. The van der Waals surface area contributed by atoms with Crippen LogP contribution in [0.2, 0.25) is 0 Å². The van der Waals surface area contributed by atoms with E-state index >= 15 is 0 Å². The van der Waals surface area contributed by atoms with Gasteiger partial charge in [0, 0.05) is 35.6 Å². The van der Waals surface area contributed by atoms with Crippen molar-refractivity contribution in [1.82, 2.24) is 18.9 Å². The Labute approximate surface area is 164 Å². The Morgan fingerprint density at radius 1 is 1.14 bits per heavy atom. The molecule has 4 rings (SSSR count). The van der Waals surface area contributed by atoms with E-state index in [1.54, 1.807) is 12.4 Å². The van der Waals surface area contributed by atoms with Crippen molar-refractivity contribution in [2.45, 2.75) is 39.0 Å². The van der Waals surface area contributed by atoms with Crippen LogP contribution in [0.15, 0.2) is 43.0 Å². The molecule has 4 heterocycles. The molecule has 28 heavy (non-hydrogen) atoms. The van der Waals surface area contributed by atoms with E-state index in [4.69, 9.17) is 0 Å². The lowest BCUT2D eigenvalue weighted by Gasteiger charge is -2.13. The molecule has 0 aliphatic rings. The fourth-order valence-corrected chi connectivity index (χ4v) is 4.52. The Bertz CT molecular complexity index is 1270. The fraction of sp³-hybridized carbons (Fsp3) is 0.333. The highest BCUT2D eigenvalue weighted by Gasteiger charge is 2.20. The van der Waals surface area contributed by atoms with Gasteiger partial charge in [0.05, 0.1) is 6.26 Å². The second kappa shape index (κ2) is 6.74. The van der Waals surface area contributed by atoms with E-state index in [9.17, 15) is 8.42 Å². The molecule has 0 saturated carbocycles. The summed E-state index contributed by atoms with van der Waals surface area (Å²) < 4.78 is 25.9. The number of H-pyrrole nitrogens is 1. The molecule has 0 aliphatic heterocycles. The summed E-state index contributed by atoms with van der Waals surface area (Å²) in [6.45, 7) is 6.38. The van der Waals surface area contributed by atoms with Gasteiger partial charge in [-0.3, -0.25) is 0 Å². The first-order valence-corrected chi connectivity index (χ1v) is 11.2. The van der Waals surface area contributed by atoms with Gasteiger partial charge < -0.3 is 4.98 Å². The van der Waals surface area contributed by atoms with Crippen molar-refractivity contribution in [3.05, 3.63) is 59.7 Å². The van der Waals surface area contributed by atoms with Crippen molar-refractivity contribution >= 4 is 32.1 Å². The van der Waals surface area contributed by atoms with Gasteiger partial charge in [-0.2, -0.15) is 0 Å². The Morgan fingerprint density at radius 2 is 1.93 bits per heavy atom. The van der Waals surface area contributed by atoms with Crippen LogP contribution >= 0.6 is 0 Å². The summed E-state index contributed by atoms with van der Waals surface area (Å²) in [6, 6.07) is 6.15. The van der Waals surface area contributed by atoms with Crippen LogP contribution in [0, 0.1) is 0 Å². The van der Waals surface area contributed by atoms with Crippen molar-refractivity contribution in [3.8, 4) is 0 Å². The molecule has 0 spiro atoms. The average molecular weight is 397 g/mol. The van der Waals surface area contributed by atoms with Crippen LogP contribution in [0.1, 0.15) is 49.3 Å². The number of nitrogens with zero attached hydrogens (tertiary/aromatic N) is 3. The quantitative estimate of drug-likeness (QED) is 0.548. The maximum atomic E-state index is 12.3. The van der Waals surface area contributed by atoms with Gasteiger partial charge in [0.1, 0.15) is 5.65 Å². The SMILES string of the molecule is CC(C)c1cnc2c(c1)c(C[C@@H](C)c1ccnc3[nH]ccc13)cn2S(C)(=O)=O. The van der Waals surface area contributed by atoms with Crippen molar-refractivity contribution in [1.29, 1.82) is 0 Å². The number of hydrogen-bond acceptors (Lipinski definition) is 4. The lowest BCUT2D eigenvalue weighted by molar-refractivity contribution is 0.594. The molecule has 0 saturated heterocycles. The lowest BCUT2D eigenvalue weighted by Crippen LogP contribution is -2.09. The largest absolute Gasteiger partial charge is 0.346 e. The number of fused-ring (bicyclic) bond motifs is 2. The molecule has 0 radical (unpaired) electrons. The summed E-state index contributed by atoms with van der Waals surface area (Å²) in [5.41, 5.74) is 4.65. The van der Waals surface area contributed by atoms with Gasteiger partial charge in [-0.1, -0.05) is 20.8 Å². The van der Waals surface area contributed by atoms with Crippen LogP contribution in [-0.2, 0) is 16.4 Å². The zero-order chi connectivity index (χ0) is 20.1. The molecule has 6 nitrogen and oxygen atoms in total. The fourth-order valence-electron chi connectivity index (χ4n) is 3.74. The van der Waals surface area contributed by atoms with Gasteiger partial charge in [0.25, 0.3) is 0 Å². The minimum atomic E-state index is -3.43. The molecule has 146 valence electrons. The number of rotatable bonds is 5. The molecule has 0 amide bonds. The molecule has 0 aliphatic carbocycles. The normalized spacial score (nSPS) is 13.6. The molecular weight excluding hydrogens is 372 g/mol. The van der Waals surface area contributed by atoms with E-state index < -0.39 is 10.0 Å². The van der Waals surface area contributed by atoms with Gasteiger partial charge in [-0.15, -0.1) is 0 Å². The third-order valence-electron chi connectivity index (χ3n) is 5.29. The number of aromatic amines is 1. The standard InChI is InChI=1S/C21H24N4O2S/c1-13(2)15-10-19-16(12-25(28(4,26)27)21(19)24-11-15)9-14(3)17-5-7-22-20-18(17)6-8-23-20/h5-8,10-14H,9H2,1-4H3,(H,22,23)/t14-/m1/s1. The lowest BCUT2D eigenvalue weighted by atomic mass is 9.92. The zero-order valence-electron chi connectivity index (χ0n) is 16.5. The smallest absolute Gasteiger partial charge is 0.237 e. The molecule has 1 N–H and O–H groups in total. The molecule has 0 aromatic carbocycles. The molecule has 4 aromatic rings. The Morgan fingerprint density at radius 3 is 2.64 bits per heavy atom. The van der Waals surface area contributed by atoms with E-state index in [-0.39, 0.29) is 5.92 Å². The molecule has 0 fully saturated rings. The summed E-state index contributed by atoms with van der Waals surface area (Å²) in [7, 11) is -3.43. The molecule has 0 unspecified atom stereocenters. The number of aromatic nitrogens is 4. The number of hydrogen-bond donors (Lipinski definition) is 1. The molecule has 0 bridgehead atoms. The summed E-state index contributed by atoms with van der Waals surface area (Å²) >= 11 is 0. The molecule has 1 atom stereocenters.